The number of ether oxygens (including phenoxy) is 1. The molecule has 164 valence electrons. The molecule has 0 fully saturated rings. The van der Waals surface area contributed by atoms with Crippen LogP contribution in [0.25, 0.3) is 20.8 Å². The number of fused-ring (bicyclic) bond motifs is 1. The first kappa shape index (κ1) is 22.0. The summed E-state index contributed by atoms with van der Waals surface area (Å²) in [7, 11) is -3.28. The van der Waals surface area contributed by atoms with Crippen molar-refractivity contribution in [1.29, 1.82) is 0 Å². The van der Waals surface area contributed by atoms with Crippen molar-refractivity contribution in [3.8, 4) is 16.3 Å². The van der Waals surface area contributed by atoms with Crippen LogP contribution in [0.2, 0.25) is 0 Å². The third-order valence-electron chi connectivity index (χ3n) is 4.88. The maximum Gasteiger partial charge on any atom is 0.265 e. The Morgan fingerprint density at radius 2 is 1.72 bits per heavy atom. The molecule has 0 saturated heterocycles. The van der Waals surface area contributed by atoms with E-state index in [0.717, 1.165) is 27.0 Å². The Kier molecular flexibility index (Phi) is 5.99. The number of thiazole rings is 1. The first-order chi connectivity index (χ1) is 15.2. The largest absolute Gasteiger partial charge is 0.481 e. The molecule has 1 unspecified atom stereocenters. The quantitative estimate of drug-likeness (QED) is 0.428. The van der Waals surface area contributed by atoms with E-state index in [9.17, 15) is 13.2 Å². The van der Waals surface area contributed by atoms with Gasteiger partial charge in [-0.25, -0.2) is 13.4 Å². The van der Waals surface area contributed by atoms with Gasteiger partial charge in [-0.15, -0.1) is 11.3 Å². The van der Waals surface area contributed by atoms with Crippen molar-refractivity contribution in [2.24, 2.45) is 0 Å². The van der Waals surface area contributed by atoms with E-state index in [1.54, 1.807) is 18.3 Å². The van der Waals surface area contributed by atoms with Crippen molar-refractivity contribution >= 4 is 43.0 Å². The van der Waals surface area contributed by atoms with Gasteiger partial charge >= 0.3 is 0 Å². The standard InChI is InChI=1S/C24H22N2O4S2/c1-15-4-13-21-22(14-15)31-24(26-21)17-5-7-18(8-6-17)25-23(27)16(2)30-19-9-11-20(12-10-19)32(3,28)29/h4-14,16H,1-3H3,(H,25,27). The lowest BCUT2D eigenvalue weighted by molar-refractivity contribution is -0.122. The van der Waals surface area contributed by atoms with Gasteiger partial charge in [0.05, 0.1) is 15.1 Å². The molecule has 32 heavy (non-hydrogen) atoms. The van der Waals surface area contributed by atoms with Crippen molar-refractivity contribution in [3.05, 3.63) is 72.3 Å². The Bertz CT molecular complexity index is 1380. The SMILES string of the molecule is Cc1ccc2nc(-c3ccc(NC(=O)C(C)Oc4ccc(S(C)(=O)=O)cc4)cc3)sc2c1. The number of rotatable bonds is 6. The minimum Gasteiger partial charge on any atom is -0.481 e. The van der Waals surface area contributed by atoms with Gasteiger partial charge in [0.25, 0.3) is 5.91 Å². The topological polar surface area (TPSA) is 85.4 Å². The molecule has 6 nitrogen and oxygen atoms in total. The molecule has 1 heterocycles. The molecular weight excluding hydrogens is 444 g/mol. The summed E-state index contributed by atoms with van der Waals surface area (Å²) in [5.41, 5.74) is 3.81. The molecule has 1 amide bonds. The second-order valence-corrected chi connectivity index (χ2v) is 10.6. The van der Waals surface area contributed by atoms with E-state index < -0.39 is 15.9 Å². The molecule has 4 rings (SSSR count). The first-order valence-electron chi connectivity index (χ1n) is 9.94. The Labute approximate surface area is 190 Å². The maximum absolute atomic E-state index is 12.5. The number of amides is 1. The zero-order valence-corrected chi connectivity index (χ0v) is 19.5. The van der Waals surface area contributed by atoms with E-state index in [-0.39, 0.29) is 10.8 Å². The molecular formula is C24H22N2O4S2. The summed E-state index contributed by atoms with van der Waals surface area (Å²) in [5.74, 6) is 0.113. The van der Waals surface area contributed by atoms with Gasteiger partial charge in [-0.1, -0.05) is 6.07 Å². The average Bonchev–Trinajstić information content (AvgIpc) is 3.17. The fourth-order valence-corrected chi connectivity index (χ4v) is 4.82. The summed E-state index contributed by atoms with van der Waals surface area (Å²) in [6.45, 7) is 3.70. The molecule has 1 aromatic heterocycles. The van der Waals surface area contributed by atoms with Crippen LogP contribution in [0.4, 0.5) is 5.69 Å². The molecule has 3 aromatic carbocycles. The zero-order chi connectivity index (χ0) is 22.9. The Morgan fingerprint density at radius 1 is 1.03 bits per heavy atom. The van der Waals surface area contributed by atoms with E-state index >= 15 is 0 Å². The Morgan fingerprint density at radius 3 is 2.38 bits per heavy atom. The van der Waals surface area contributed by atoms with Crippen molar-refractivity contribution in [2.75, 3.05) is 11.6 Å². The van der Waals surface area contributed by atoms with Gasteiger partial charge in [0.15, 0.2) is 15.9 Å². The highest BCUT2D eigenvalue weighted by Crippen LogP contribution is 2.31. The molecule has 0 radical (unpaired) electrons. The van der Waals surface area contributed by atoms with Gasteiger partial charge < -0.3 is 10.1 Å². The number of sulfone groups is 1. The molecule has 1 atom stereocenters. The monoisotopic (exact) mass is 466 g/mol. The van der Waals surface area contributed by atoms with E-state index in [1.807, 2.05) is 36.4 Å². The number of carbonyl (C=O) groups is 1. The van der Waals surface area contributed by atoms with E-state index in [4.69, 9.17) is 4.74 Å². The van der Waals surface area contributed by atoms with Crippen LogP contribution in [0.1, 0.15) is 12.5 Å². The third-order valence-corrected chi connectivity index (χ3v) is 7.07. The van der Waals surface area contributed by atoms with Gasteiger partial charge in [-0.2, -0.15) is 0 Å². The van der Waals surface area contributed by atoms with Crippen LogP contribution in [-0.2, 0) is 14.6 Å². The fourth-order valence-electron chi connectivity index (χ4n) is 3.12. The summed E-state index contributed by atoms with van der Waals surface area (Å²) in [6, 6.07) is 19.7. The van der Waals surface area contributed by atoms with Gasteiger partial charge in [-0.05, 0) is 80.1 Å². The van der Waals surface area contributed by atoms with Crippen LogP contribution >= 0.6 is 11.3 Å². The zero-order valence-electron chi connectivity index (χ0n) is 17.8. The second-order valence-electron chi connectivity index (χ2n) is 7.56. The summed E-state index contributed by atoms with van der Waals surface area (Å²) < 4.78 is 29.9. The Balaban J connectivity index is 1.40. The van der Waals surface area contributed by atoms with Crippen LogP contribution in [0.5, 0.6) is 5.75 Å². The molecule has 0 spiro atoms. The fraction of sp³-hybridized carbons (Fsp3) is 0.167. The lowest BCUT2D eigenvalue weighted by Gasteiger charge is -2.15. The maximum atomic E-state index is 12.5. The predicted molar refractivity (Wildman–Crippen MR) is 128 cm³/mol. The molecule has 0 saturated carbocycles. The van der Waals surface area contributed by atoms with Crippen LogP contribution in [0, 0.1) is 6.92 Å². The van der Waals surface area contributed by atoms with Crippen molar-refractivity contribution in [3.63, 3.8) is 0 Å². The van der Waals surface area contributed by atoms with Gasteiger partial charge in [-0.3, -0.25) is 4.79 Å². The molecule has 0 aliphatic heterocycles. The summed E-state index contributed by atoms with van der Waals surface area (Å²) in [6.07, 6.45) is 0.383. The van der Waals surface area contributed by atoms with Crippen molar-refractivity contribution in [1.82, 2.24) is 4.98 Å². The van der Waals surface area contributed by atoms with E-state index in [2.05, 4.69) is 23.3 Å². The number of benzene rings is 3. The first-order valence-corrected chi connectivity index (χ1v) is 12.6. The molecule has 0 aliphatic rings. The van der Waals surface area contributed by atoms with Crippen LogP contribution in [0.3, 0.4) is 0 Å². The number of hydrogen-bond donors (Lipinski definition) is 1. The number of anilines is 1. The highest BCUT2D eigenvalue weighted by atomic mass is 32.2. The van der Waals surface area contributed by atoms with Crippen LogP contribution < -0.4 is 10.1 Å². The van der Waals surface area contributed by atoms with Gasteiger partial charge in [0, 0.05) is 17.5 Å². The smallest absolute Gasteiger partial charge is 0.265 e. The van der Waals surface area contributed by atoms with Gasteiger partial charge in [0.1, 0.15) is 10.8 Å². The molecule has 0 aliphatic carbocycles. The molecule has 4 aromatic rings. The Hall–Kier alpha value is -3.23. The lowest BCUT2D eigenvalue weighted by Crippen LogP contribution is -2.30. The molecule has 8 heteroatoms. The minimum atomic E-state index is -3.28. The van der Waals surface area contributed by atoms with Crippen LogP contribution in [0.15, 0.2) is 71.6 Å². The van der Waals surface area contributed by atoms with Crippen LogP contribution in [-0.4, -0.2) is 31.7 Å². The normalized spacial score (nSPS) is 12.5. The number of hydrogen-bond acceptors (Lipinski definition) is 6. The highest BCUT2D eigenvalue weighted by Gasteiger charge is 2.16. The average molecular weight is 467 g/mol. The number of nitrogens with zero attached hydrogens (tertiary/aromatic N) is 1. The minimum absolute atomic E-state index is 0.199. The molecule has 0 bridgehead atoms. The molecule has 1 N–H and O–H groups in total. The number of aryl methyl sites for hydroxylation is 1. The number of carbonyl (C=O) groups excluding carboxylic acids is 1. The number of nitrogens with one attached hydrogen (secondary N) is 1. The van der Waals surface area contributed by atoms with E-state index in [1.165, 1.54) is 29.8 Å². The summed E-state index contributed by atoms with van der Waals surface area (Å²) >= 11 is 1.64. The van der Waals surface area contributed by atoms with Crippen molar-refractivity contribution in [2.45, 2.75) is 24.8 Å². The van der Waals surface area contributed by atoms with Gasteiger partial charge in [0.2, 0.25) is 0 Å². The lowest BCUT2D eigenvalue weighted by atomic mass is 10.2. The van der Waals surface area contributed by atoms with Crippen molar-refractivity contribution < 1.29 is 17.9 Å². The third kappa shape index (κ3) is 4.98. The predicted octanol–water partition coefficient (Wildman–Crippen LogP) is 5.08. The summed E-state index contributed by atoms with van der Waals surface area (Å²) in [4.78, 5) is 17.4. The van der Waals surface area contributed by atoms with E-state index in [0.29, 0.717) is 11.4 Å². The highest BCUT2D eigenvalue weighted by molar-refractivity contribution is 7.90. The number of aromatic nitrogens is 1. The second kappa shape index (κ2) is 8.72. The summed E-state index contributed by atoms with van der Waals surface area (Å²) in [5, 5.41) is 3.76.